The summed E-state index contributed by atoms with van der Waals surface area (Å²) in [6, 6.07) is 0.0869. The smallest absolute Gasteiger partial charge is 0.247 e. The normalized spacial score (nSPS) is 38.3. The van der Waals surface area contributed by atoms with Crippen LogP contribution in [0.25, 0.3) is 0 Å². The van der Waals surface area contributed by atoms with Crippen molar-refractivity contribution in [2.24, 2.45) is 5.41 Å². The first kappa shape index (κ1) is 17.9. The van der Waals surface area contributed by atoms with Crippen LogP contribution in [0.5, 0.6) is 0 Å². The van der Waals surface area contributed by atoms with E-state index >= 15 is 0 Å². The van der Waals surface area contributed by atoms with Crippen LogP contribution in [0.3, 0.4) is 0 Å². The fourth-order valence-electron chi connectivity index (χ4n) is 4.63. The third-order valence-electron chi connectivity index (χ3n) is 6.08. The van der Waals surface area contributed by atoms with Gasteiger partial charge in [-0.3, -0.25) is 4.79 Å². The number of ether oxygens (including phenoxy) is 1. The topological polar surface area (TPSA) is 99.0 Å². The fraction of sp³-hybridized carbons (Fsp3) is 0.833. The lowest BCUT2D eigenvalue weighted by Gasteiger charge is -2.57. The Morgan fingerprint density at radius 1 is 1.29 bits per heavy atom. The van der Waals surface area contributed by atoms with Gasteiger partial charge in [0.05, 0.1) is 12.2 Å². The van der Waals surface area contributed by atoms with E-state index in [0.717, 1.165) is 19.3 Å². The second kappa shape index (κ2) is 7.12. The van der Waals surface area contributed by atoms with Gasteiger partial charge in [0.15, 0.2) is 0 Å². The number of aliphatic hydroxyl groups is 3. The molecule has 4 N–H and O–H groups in total. The average Bonchev–Trinajstić information content (AvgIpc) is 2.59. The van der Waals surface area contributed by atoms with E-state index in [9.17, 15) is 20.1 Å². The molecule has 0 heterocycles. The third kappa shape index (κ3) is 3.12. The summed E-state index contributed by atoms with van der Waals surface area (Å²) in [5.74, 6) is -0.245. The van der Waals surface area contributed by atoms with Crippen molar-refractivity contribution in [1.82, 2.24) is 5.32 Å². The number of aliphatic hydroxyl groups excluding tert-OH is 3. The van der Waals surface area contributed by atoms with Crippen LogP contribution in [0, 0.1) is 5.41 Å². The van der Waals surface area contributed by atoms with Crippen molar-refractivity contribution in [3.63, 3.8) is 0 Å². The predicted octanol–water partition coefficient (Wildman–Crippen LogP) is 0.643. The van der Waals surface area contributed by atoms with Gasteiger partial charge in [-0.1, -0.05) is 19.3 Å². The Labute approximate surface area is 142 Å². The molecule has 1 spiro atoms. The summed E-state index contributed by atoms with van der Waals surface area (Å²) < 4.78 is 5.90. The number of hydrogen-bond acceptors (Lipinski definition) is 5. The van der Waals surface area contributed by atoms with E-state index in [4.69, 9.17) is 4.74 Å². The van der Waals surface area contributed by atoms with Crippen LogP contribution in [0.15, 0.2) is 11.6 Å². The van der Waals surface area contributed by atoms with E-state index in [-0.39, 0.29) is 29.9 Å². The van der Waals surface area contributed by atoms with E-state index in [1.807, 2.05) is 6.92 Å². The van der Waals surface area contributed by atoms with Crippen LogP contribution in [0.2, 0.25) is 0 Å². The summed E-state index contributed by atoms with van der Waals surface area (Å²) in [5, 5.41) is 32.2. The quantitative estimate of drug-likeness (QED) is 0.603. The molecule has 3 aliphatic carbocycles. The van der Waals surface area contributed by atoms with Crippen LogP contribution in [-0.2, 0) is 9.53 Å². The summed E-state index contributed by atoms with van der Waals surface area (Å²) in [6.45, 7) is 2.69. The standard InChI is InChI=1S/C18H29NO5/c1-2-24-15-10-14(18(15)6-4-3-5-7-18)19-17(23)11-8-12(20)16(22)13(21)9-11/h8,12-16,20-22H,2-7,9-10H2,1H3,(H,19,23)/t12-,13-,14?,15?,16-/m1/s1. The maximum absolute atomic E-state index is 12.6. The van der Waals surface area contributed by atoms with Crippen molar-refractivity contribution in [2.45, 2.75) is 82.3 Å². The van der Waals surface area contributed by atoms with Crippen LogP contribution < -0.4 is 5.32 Å². The second-order valence-electron chi connectivity index (χ2n) is 7.44. The molecule has 2 saturated carbocycles. The molecule has 0 bridgehead atoms. The number of rotatable bonds is 4. The summed E-state index contributed by atoms with van der Waals surface area (Å²) in [6.07, 6.45) is 4.66. The number of nitrogens with one attached hydrogen (secondary N) is 1. The van der Waals surface area contributed by atoms with Gasteiger partial charge in [-0.25, -0.2) is 0 Å². The van der Waals surface area contributed by atoms with Gasteiger partial charge in [0.1, 0.15) is 12.2 Å². The lowest BCUT2D eigenvalue weighted by Crippen LogP contribution is -2.65. The third-order valence-corrected chi connectivity index (χ3v) is 6.08. The highest BCUT2D eigenvalue weighted by Gasteiger charge is 2.56. The molecule has 6 heteroatoms. The summed E-state index contributed by atoms with van der Waals surface area (Å²) in [4.78, 5) is 12.6. The highest BCUT2D eigenvalue weighted by Crippen LogP contribution is 2.53. The number of carbonyl (C=O) groups is 1. The number of hydrogen-bond donors (Lipinski definition) is 4. The molecule has 24 heavy (non-hydrogen) atoms. The SMILES string of the molecule is CCOC1CC(NC(=O)C2=C[C@@H](O)[C@@H](O)[C@H](O)C2)C12CCCCC2. The van der Waals surface area contributed by atoms with E-state index in [1.54, 1.807) is 0 Å². The lowest BCUT2D eigenvalue weighted by molar-refractivity contribution is -0.156. The molecular formula is C18H29NO5. The van der Waals surface area contributed by atoms with Gasteiger partial charge >= 0.3 is 0 Å². The van der Waals surface area contributed by atoms with Gasteiger partial charge in [-0.15, -0.1) is 0 Å². The highest BCUT2D eigenvalue weighted by atomic mass is 16.5. The van der Waals surface area contributed by atoms with E-state index < -0.39 is 18.3 Å². The van der Waals surface area contributed by atoms with E-state index in [0.29, 0.717) is 12.2 Å². The van der Waals surface area contributed by atoms with Crippen molar-refractivity contribution in [3.05, 3.63) is 11.6 Å². The van der Waals surface area contributed by atoms with Gasteiger partial charge in [-0.05, 0) is 32.3 Å². The summed E-state index contributed by atoms with van der Waals surface area (Å²) in [7, 11) is 0. The Bertz CT molecular complexity index is 500. The van der Waals surface area contributed by atoms with Gasteiger partial charge in [0.2, 0.25) is 5.91 Å². The van der Waals surface area contributed by atoms with Crippen LogP contribution in [-0.4, -0.2) is 58.3 Å². The molecule has 2 unspecified atom stereocenters. The highest BCUT2D eigenvalue weighted by molar-refractivity contribution is 5.94. The maximum atomic E-state index is 12.6. The van der Waals surface area contributed by atoms with Crippen LogP contribution in [0.4, 0.5) is 0 Å². The summed E-state index contributed by atoms with van der Waals surface area (Å²) in [5.41, 5.74) is 0.390. The number of amides is 1. The van der Waals surface area contributed by atoms with Crippen molar-refractivity contribution >= 4 is 5.91 Å². The van der Waals surface area contributed by atoms with Crippen LogP contribution >= 0.6 is 0 Å². The Hall–Kier alpha value is -0.950. The van der Waals surface area contributed by atoms with Crippen molar-refractivity contribution in [2.75, 3.05) is 6.61 Å². The first-order valence-corrected chi connectivity index (χ1v) is 9.15. The second-order valence-corrected chi connectivity index (χ2v) is 7.44. The molecule has 0 aromatic rings. The Morgan fingerprint density at radius 2 is 2.00 bits per heavy atom. The Morgan fingerprint density at radius 3 is 2.62 bits per heavy atom. The first-order valence-electron chi connectivity index (χ1n) is 9.15. The largest absolute Gasteiger partial charge is 0.390 e. The zero-order valence-corrected chi connectivity index (χ0v) is 14.3. The Balaban J connectivity index is 1.67. The predicted molar refractivity (Wildman–Crippen MR) is 88.2 cm³/mol. The molecule has 1 amide bonds. The molecule has 0 radical (unpaired) electrons. The van der Waals surface area contributed by atoms with Gasteiger partial charge in [0.25, 0.3) is 0 Å². The maximum Gasteiger partial charge on any atom is 0.247 e. The monoisotopic (exact) mass is 339 g/mol. The molecule has 0 saturated heterocycles. The van der Waals surface area contributed by atoms with Crippen molar-refractivity contribution in [1.29, 1.82) is 0 Å². The zero-order chi connectivity index (χ0) is 17.3. The molecule has 3 aliphatic rings. The molecule has 0 aromatic heterocycles. The average molecular weight is 339 g/mol. The summed E-state index contributed by atoms with van der Waals surface area (Å²) >= 11 is 0. The number of carbonyl (C=O) groups excluding carboxylic acids is 1. The minimum absolute atomic E-state index is 0.0376. The first-order chi connectivity index (χ1) is 11.5. The van der Waals surface area contributed by atoms with Gasteiger partial charge in [0, 0.05) is 30.1 Å². The minimum atomic E-state index is -1.22. The van der Waals surface area contributed by atoms with Gasteiger partial charge in [-0.2, -0.15) is 0 Å². The fourth-order valence-corrected chi connectivity index (χ4v) is 4.63. The molecule has 5 atom stereocenters. The van der Waals surface area contributed by atoms with Crippen LogP contribution in [0.1, 0.15) is 51.9 Å². The molecule has 6 nitrogen and oxygen atoms in total. The van der Waals surface area contributed by atoms with Crippen molar-refractivity contribution < 1.29 is 24.9 Å². The lowest BCUT2D eigenvalue weighted by atomic mass is 9.55. The van der Waals surface area contributed by atoms with Crippen molar-refractivity contribution in [3.8, 4) is 0 Å². The van der Waals surface area contributed by atoms with E-state index in [1.165, 1.54) is 25.3 Å². The molecule has 136 valence electrons. The minimum Gasteiger partial charge on any atom is -0.390 e. The molecule has 0 aromatic carbocycles. The van der Waals surface area contributed by atoms with Gasteiger partial charge < -0.3 is 25.4 Å². The molecular weight excluding hydrogens is 310 g/mol. The molecule has 3 rings (SSSR count). The molecule has 0 aliphatic heterocycles. The Kier molecular flexibility index (Phi) is 5.30. The zero-order valence-electron chi connectivity index (χ0n) is 14.3. The molecule has 2 fully saturated rings. The van der Waals surface area contributed by atoms with E-state index in [2.05, 4.69) is 5.32 Å².